The number of thioether (sulfide) groups is 1. The summed E-state index contributed by atoms with van der Waals surface area (Å²) < 4.78 is 0.399. The number of thiocarbonyl (C=S) groups is 1. The smallest absolute Gasteiger partial charge is 0.326 e. The van der Waals surface area contributed by atoms with Gasteiger partial charge >= 0.3 is 5.97 Å². The zero-order valence-electron chi connectivity index (χ0n) is 15.0. The van der Waals surface area contributed by atoms with Crippen molar-refractivity contribution in [3.63, 3.8) is 0 Å². The molecule has 0 unspecified atom stereocenters. The van der Waals surface area contributed by atoms with E-state index in [1.165, 1.54) is 16.7 Å². The van der Waals surface area contributed by atoms with Crippen LogP contribution < -0.4 is 5.32 Å². The topological polar surface area (TPSA) is 86.7 Å². The van der Waals surface area contributed by atoms with Crippen LogP contribution in [-0.2, 0) is 14.4 Å². The van der Waals surface area contributed by atoms with E-state index in [9.17, 15) is 19.5 Å². The summed E-state index contributed by atoms with van der Waals surface area (Å²) in [4.78, 5) is 37.7. The molecule has 1 aliphatic rings. The number of carbonyl (C=O) groups is 3. The molecule has 27 heavy (non-hydrogen) atoms. The number of hydrogen-bond acceptors (Lipinski definition) is 5. The van der Waals surface area contributed by atoms with Crippen molar-refractivity contribution >= 4 is 52.2 Å². The number of carboxylic acid groups (broad SMARTS) is 1. The molecule has 1 aromatic rings. The summed E-state index contributed by atoms with van der Waals surface area (Å²) >= 11 is 6.45. The van der Waals surface area contributed by atoms with Crippen LogP contribution in [0.3, 0.4) is 0 Å². The highest BCUT2D eigenvalue weighted by molar-refractivity contribution is 8.26. The van der Waals surface area contributed by atoms with E-state index in [-0.39, 0.29) is 18.9 Å². The summed E-state index contributed by atoms with van der Waals surface area (Å²) in [6, 6.07) is 8.54. The Bertz CT molecular complexity index is 749. The van der Waals surface area contributed by atoms with E-state index < -0.39 is 17.9 Å². The Balaban J connectivity index is 1.92. The molecule has 0 bridgehead atoms. The zero-order chi connectivity index (χ0) is 19.8. The van der Waals surface area contributed by atoms with E-state index in [2.05, 4.69) is 5.32 Å². The maximum absolute atomic E-state index is 12.5. The molecular weight excluding hydrogens is 384 g/mol. The first kappa shape index (κ1) is 21.1. The first-order valence-corrected chi connectivity index (χ1v) is 9.97. The monoisotopic (exact) mass is 406 g/mol. The molecule has 0 spiro atoms. The van der Waals surface area contributed by atoms with Gasteiger partial charge in [0.1, 0.15) is 10.4 Å². The fourth-order valence-corrected chi connectivity index (χ4v) is 3.85. The van der Waals surface area contributed by atoms with E-state index in [0.29, 0.717) is 15.6 Å². The Labute approximate surface area is 168 Å². The number of unbranched alkanes of at least 4 members (excludes halogenated alkanes) is 1. The SMILES string of the molecule is CCCC[C@H](NC(=O)CCN1C(=O)/C(=C\c2ccccc2)SC1=S)C(=O)O. The number of nitrogens with zero attached hydrogens (tertiary/aromatic N) is 1. The van der Waals surface area contributed by atoms with Crippen LogP contribution in [0.2, 0.25) is 0 Å². The number of nitrogens with one attached hydrogen (secondary N) is 1. The van der Waals surface area contributed by atoms with Crippen LogP contribution in [0, 0.1) is 0 Å². The first-order valence-electron chi connectivity index (χ1n) is 8.75. The first-order chi connectivity index (χ1) is 12.9. The van der Waals surface area contributed by atoms with E-state index in [1.807, 2.05) is 37.3 Å². The third kappa shape index (κ3) is 6.18. The fourth-order valence-electron chi connectivity index (χ4n) is 2.54. The van der Waals surface area contributed by atoms with Crippen LogP contribution in [0.5, 0.6) is 0 Å². The average molecular weight is 407 g/mol. The van der Waals surface area contributed by atoms with E-state index in [4.69, 9.17) is 12.2 Å². The molecule has 1 heterocycles. The lowest BCUT2D eigenvalue weighted by Gasteiger charge is -2.17. The van der Waals surface area contributed by atoms with Crippen LogP contribution in [0.25, 0.3) is 6.08 Å². The normalized spacial score (nSPS) is 16.6. The summed E-state index contributed by atoms with van der Waals surface area (Å²) in [6.45, 7) is 2.08. The van der Waals surface area contributed by atoms with Gasteiger partial charge in [-0.05, 0) is 18.1 Å². The molecule has 144 valence electrons. The highest BCUT2D eigenvalue weighted by Crippen LogP contribution is 2.32. The average Bonchev–Trinajstić information content (AvgIpc) is 2.90. The van der Waals surface area contributed by atoms with Gasteiger partial charge in [-0.25, -0.2) is 4.79 Å². The highest BCUT2D eigenvalue weighted by Gasteiger charge is 2.32. The van der Waals surface area contributed by atoms with Gasteiger partial charge in [-0.1, -0.05) is 74.1 Å². The number of carboxylic acids is 1. The predicted molar refractivity (Wildman–Crippen MR) is 110 cm³/mol. The van der Waals surface area contributed by atoms with Crippen molar-refractivity contribution in [2.24, 2.45) is 0 Å². The molecule has 0 saturated carbocycles. The summed E-state index contributed by atoms with van der Waals surface area (Å²) in [5.74, 6) is -1.68. The van der Waals surface area contributed by atoms with Crippen molar-refractivity contribution < 1.29 is 19.5 Å². The molecule has 0 radical (unpaired) electrons. The summed E-state index contributed by atoms with van der Waals surface area (Å²) in [5, 5.41) is 11.7. The Morgan fingerprint density at radius 1 is 1.33 bits per heavy atom. The van der Waals surface area contributed by atoms with Crippen LogP contribution in [0.1, 0.15) is 38.2 Å². The molecule has 2 N–H and O–H groups in total. The third-order valence-corrected chi connectivity index (χ3v) is 5.39. The van der Waals surface area contributed by atoms with Crippen LogP contribution in [0.15, 0.2) is 35.2 Å². The molecule has 8 heteroatoms. The van der Waals surface area contributed by atoms with Gasteiger partial charge in [-0.15, -0.1) is 0 Å². The number of carbonyl (C=O) groups excluding carboxylic acids is 2. The summed E-state index contributed by atoms with van der Waals surface area (Å²) in [6.07, 6.45) is 3.73. The quantitative estimate of drug-likeness (QED) is 0.484. The maximum Gasteiger partial charge on any atom is 0.326 e. The van der Waals surface area contributed by atoms with Crippen molar-refractivity contribution in [3.05, 3.63) is 40.8 Å². The largest absolute Gasteiger partial charge is 0.480 e. The molecule has 1 aliphatic heterocycles. The number of amides is 2. The fraction of sp³-hybridized carbons (Fsp3) is 0.368. The Morgan fingerprint density at radius 3 is 2.67 bits per heavy atom. The van der Waals surface area contributed by atoms with Gasteiger partial charge in [-0.3, -0.25) is 14.5 Å². The van der Waals surface area contributed by atoms with Gasteiger partial charge < -0.3 is 10.4 Å². The third-order valence-electron chi connectivity index (χ3n) is 4.01. The number of hydrogen-bond donors (Lipinski definition) is 2. The zero-order valence-corrected chi connectivity index (χ0v) is 16.6. The van der Waals surface area contributed by atoms with Gasteiger partial charge in [0.2, 0.25) is 5.91 Å². The molecule has 0 aliphatic carbocycles. The maximum atomic E-state index is 12.5. The summed E-state index contributed by atoms with van der Waals surface area (Å²) in [5.41, 5.74) is 0.899. The second kappa shape index (κ2) is 10.2. The van der Waals surface area contributed by atoms with Crippen molar-refractivity contribution in [2.45, 2.75) is 38.6 Å². The van der Waals surface area contributed by atoms with E-state index in [1.54, 1.807) is 6.08 Å². The van der Waals surface area contributed by atoms with Gasteiger partial charge in [-0.2, -0.15) is 0 Å². The van der Waals surface area contributed by atoms with E-state index >= 15 is 0 Å². The molecule has 1 aromatic carbocycles. The molecule has 1 saturated heterocycles. The minimum Gasteiger partial charge on any atom is -0.480 e. The number of benzene rings is 1. The van der Waals surface area contributed by atoms with E-state index in [0.717, 1.165) is 18.4 Å². The number of rotatable bonds is 9. The lowest BCUT2D eigenvalue weighted by atomic mass is 10.1. The Morgan fingerprint density at radius 2 is 2.04 bits per heavy atom. The molecule has 2 rings (SSSR count). The minimum atomic E-state index is -1.05. The van der Waals surface area contributed by atoms with Gasteiger partial charge in [0.15, 0.2) is 0 Å². The molecule has 2 amide bonds. The predicted octanol–water partition coefficient (Wildman–Crippen LogP) is 3.04. The van der Waals surface area contributed by atoms with Crippen molar-refractivity contribution in [2.75, 3.05) is 6.54 Å². The Kier molecular flexibility index (Phi) is 7.99. The number of aliphatic carboxylic acids is 1. The van der Waals surface area contributed by atoms with Gasteiger partial charge in [0, 0.05) is 13.0 Å². The summed E-state index contributed by atoms with van der Waals surface area (Å²) in [7, 11) is 0. The molecule has 1 fully saturated rings. The lowest BCUT2D eigenvalue weighted by Crippen LogP contribution is -2.42. The molecular formula is C19H22N2O4S2. The minimum absolute atomic E-state index is 0.000954. The van der Waals surface area contributed by atoms with Crippen molar-refractivity contribution in [1.82, 2.24) is 10.2 Å². The molecule has 1 atom stereocenters. The van der Waals surface area contributed by atoms with Crippen LogP contribution in [-0.4, -0.2) is 44.7 Å². The molecule has 6 nitrogen and oxygen atoms in total. The second-order valence-electron chi connectivity index (χ2n) is 6.09. The van der Waals surface area contributed by atoms with Crippen LogP contribution >= 0.6 is 24.0 Å². The second-order valence-corrected chi connectivity index (χ2v) is 7.77. The van der Waals surface area contributed by atoms with Gasteiger partial charge in [0.25, 0.3) is 5.91 Å². The lowest BCUT2D eigenvalue weighted by molar-refractivity contribution is -0.142. The standard InChI is InChI=1S/C19H22N2O4S2/c1-2-3-9-14(18(24)25)20-16(22)10-11-21-17(23)15(27-19(21)26)12-13-7-5-4-6-8-13/h4-8,12,14H,2-3,9-11H2,1H3,(H,20,22)(H,24,25)/b15-12+/t14-/m0/s1. The van der Waals surface area contributed by atoms with Crippen molar-refractivity contribution in [1.29, 1.82) is 0 Å². The van der Waals surface area contributed by atoms with Crippen molar-refractivity contribution in [3.8, 4) is 0 Å². The molecule has 0 aromatic heterocycles. The van der Waals surface area contributed by atoms with Crippen LogP contribution in [0.4, 0.5) is 0 Å². The highest BCUT2D eigenvalue weighted by atomic mass is 32.2. The van der Waals surface area contributed by atoms with Gasteiger partial charge in [0.05, 0.1) is 4.91 Å². The Hall–Kier alpha value is -2.19.